The number of nitrogens with one attached hydrogen (secondary N) is 2. The van der Waals surface area contributed by atoms with Crippen molar-refractivity contribution in [3.63, 3.8) is 0 Å². The quantitative estimate of drug-likeness (QED) is 0.675. The molecule has 0 saturated carbocycles. The summed E-state index contributed by atoms with van der Waals surface area (Å²) in [7, 11) is 0. The van der Waals surface area contributed by atoms with Crippen LogP contribution in [-0.2, 0) is 9.47 Å². The van der Waals surface area contributed by atoms with E-state index in [1.54, 1.807) is 0 Å². The summed E-state index contributed by atoms with van der Waals surface area (Å²) in [6.45, 7) is 3.87. The van der Waals surface area contributed by atoms with Gasteiger partial charge >= 0.3 is 0 Å². The third-order valence-electron chi connectivity index (χ3n) is 5.48. The van der Waals surface area contributed by atoms with Gasteiger partial charge in [0.1, 0.15) is 5.72 Å². The Morgan fingerprint density at radius 3 is 2.33 bits per heavy atom. The first kappa shape index (κ1) is 11.6. The standard InChI is InChI=1S/C14H24N2O2/c1-2-12-8-14(7-11(1)16-12)15-9-13(10-18-14)3-5-17-6-4-13/h11-12,15-16H,1-10H2. The van der Waals surface area contributed by atoms with Gasteiger partial charge in [0.05, 0.1) is 6.61 Å². The molecule has 0 aromatic rings. The van der Waals surface area contributed by atoms with Crippen LogP contribution in [0.5, 0.6) is 0 Å². The first-order chi connectivity index (χ1) is 8.78. The monoisotopic (exact) mass is 252 g/mol. The Morgan fingerprint density at radius 2 is 1.72 bits per heavy atom. The van der Waals surface area contributed by atoms with Gasteiger partial charge in [0, 0.05) is 50.1 Å². The van der Waals surface area contributed by atoms with E-state index >= 15 is 0 Å². The normalized spacial score (nSPS) is 46.7. The van der Waals surface area contributed by atoms with Crippen molar-refractivity contribution in [1.29, 1.82) is 0 Å². The maximum absolute atomic E-state index is 6.37. The Labute approximate surface area is 109 Å². The van der Waals surface area contributed by atoms with Gasteiger partial charge in [-0.3, -0.25) is 5.32 Å². The zero-order chi connectivity index (χ0) is 12.1. The Hall–Kier alpha value is -0.160. The molecular weight excluding hydrogens is 228 g/mol. The molecule has 4 aliphatic heterocycles. The molecule has 4 heteroatoms. The van der Waals surface area contributed by atoms with E-state index in [-0.39, 0.29) is 5.72 Å². The topological polar surface area (TPSA) is 42.5 Å². The van der Waals surface area contributed by atoms with E-state index in [1.165, 1.54) is 12.8 Å². The molecule has 2 bridgehead atoms. The van der Waals surface area contributed by atoms with Crippen LogP contribution in [0.25, 0.3) is 0 Å². The fourth-order valence-electron chi connectivity index (χ4n) is 4.23. The zero-order valence-electron chi connectivity index (χ0n) is 11.0. The highest BCUT2D eigenvalue weighted by atomic mass is 16.5. The minimum absolute atomic E-state index is 0.0133. The smallest absolute Gasteiger partial charge is 0.122 e. The largest absolute Gasteiger partial charge is 0.381 e. The second-order valence-corrected chi connectivity index (χ2v) is 6.80. The molecule has 4 aliphatic rings. The van der Waals surface area contributed by atoms with Gasteiger partial charge in [0.25, 0.3) is 0 Å². The summed E-state index contributed by atoms with van der Waals surface area (Å²) in [5.41, 5.74) is 0.341. The SMILES string of the molecule is C1CC2(CCO1)CNC1(CC3CCC(C1)N3)OC2. The highest BCUT2D eigenvalue weighted by Crippen LogP contribution is 2.41. The van der Waals surface area contributed by atoms with Crippen LogP contribution in [0.2, 0.25) is 0 Å². The van der Waals surface area contributed by atoms with Crippen LogP contribution < -0.4 is 10.6 Å². The van der Waals surface area contributed by atoms with Crippen LogP contribution >= 0.6 is 0 Å². The zero-order valence-corrected chi connectivity index (χ0v) is 11.0. The van der Waals surface area contributed by atoms with Gasteiger partial charge in [0.15, 0.2) is 0 Å². The predicted octanol–water partition coefficient (Wildman–Crippen LogP) is 1.01. The highest BCUT2D eigenvalue weighted by Gasteiger charge is 2.49. The summed E-state index contributed by atoms with van der Waals surface area (Å²) in [5, 5.41) is 7.47. The molecule has 18 heavy (non-hydrogen) atoms. The van der Waals surface area contributed by atoms with Crippen LogP contribution in [0, 0.1) is 5.41 Å². The molecule has 0 radical (unpaired) electrons. The second-order valence-electron chi connectivity index (χ2n) is 6.80. The van der Waals surface area contributed by atoms with E-state index in [1.807, 2.05) is 0 Å². The maximum Gasteiger partial charge on any atom is 0.122 e. The molecular formula is C14H24N2O2. The minimum atomic E-state index is -0.0133. The molecule has 0 aliphatic carbocycles. The first-order valence-electron chi connectivity index (χ1n) is 7.51. The van der Waals surface area contributed by atoms with E-state index in [2.05, 4.69) is 10.6 Å². The summed E-state index contributed by atoms with van der Waals surface area (Å²) in [6.07, 6.45) is 7.27. The number of ether oxygens (including phenoxy) is 2. The van der Waals surface area contributed by atoms with Crippen LogP contribution in [0.15, 0.2) is 0 Å². The lowest BCUT2D eigenvalue weighted by atomic mass is 9.78. The van der Waals surface area contributed by atoms with Crippen molar-refractivity contribution in [2.24, 2.45) is 5.41 Å². The molecule has 4 nitrogen and oxygen atoms in total. The molecule has 0 amide bonds. The van der Waals surface area contributed by atoms with Crippen molar-refractivity contribution >= 4 is 0 Å². The summed E-state index contributed by atoms with van der Waals surface area (Å²) < 4.78 is 11.9. The third-order valence-corrected chi connectivity index (χ3v) is 5.48. The third kappa shape index (κ3) is 1.90. The van der Waals surface area contributed by atoms with Crippen LogP contribution in [-0.4, -0.2) is 44.2 Å². The number of hydrogen-bond donors (Lipinski definition) is 2. The number of hydrogen-bond acceptors (Lipinski definition) is 4. The van der Waals surface area contributed by atoms with Gasteiger partial charge in [-0.2, -0.15) is 0 Å². The highest BCUT2D eigenvalue weighted by molar-refractivity contribution is 5.03. The fourth-order valence-corrected chi connectivity index (χ4v) is 4.23. The average Bonchev–Trinajstić information content (AvgIpc) is 2.75. The molecule has 4 heterocycles. The number of rotatable bonds is 0. The molecule has 0 aromatic heterocycles. The summed E-state index contributed by atoms with van der Waals surface area (Å²) >= 11 is 0. The minimum Gasteiger partial charge on any atom is -0.381 e. The Balaban J connectivity index is 1.44. The number of piperidine rings is 1. The number of fused-ring (bicyclic) bond motifs is 2. The Morgan fingerprint density at radius 1 is 1.00 bits per heavy atom. The molecule has 2 unspecified atom stereocenters. The molecule has 4 rings (SSSR count). The van der Waals surface area contributed by atoms with E-state index < -0.39 is 0 Å². The van der Waals surface area contributed by atoms with Crippen molar-refractivity contribution in [2.75, 3.05) is 26.4 Å². The molecule has 4 fully saturated rings. The Bertz CT molecular complexity index is 304. The van der Waals surface area contributed by atoms with Crippen molar-refractivity contribution in [3.8, 4) is 0 Å². The van der Waals surface area contributed by atoms with Crippen LogP contribution in [0.4, 0.5) is 0 Å². The van der Waals surface area contributed by atoms with Gasteiger partial charge in [-0.1, -0.05) is 0 Å². The predicted molar refractivity (Wildman–Crippen MR) is 68.4 cm³/mol. The van der Waals surface area contributed by atoms with E-state index in [0.29, 0.717) is 17.5 Å². The average molecular weight is 252 g/mol. The molecule has 2 atom stereocenters. The fraction of sp³-hybridized carbons (Fsp3) is 1.00. The molecule has 2 N–H and O–H groups in total. The summed E-state index contributed by atoms with van der Waals surface area (Å²) in [5.74, 6) is 0. The molecule has 4 saturated heterocycles. The van der Waals surface area contributed by atoms with Crippen molar-refractivity contribution in [1.82, 2.24) is 10.6 Å². The van der Waals surface area contributed by atoms with Gasteiger partial charge in [-0.15, -0.1) is 0 Å². The molecule has 102 valence electrons. The van der Waals surface area contributed by atoms with Gasteiger partial charge in [0.2, 0.25) is 0 Å². The molecule has 0 aromatic carbocycles. The lowest BCUT2D eigenvalue weighted by molar-refractivity contribution is -0.181. The van der Waals surface area contributed by atoms with E-state index in [4.69, 9.17) is 9.47 Å². The van der Waals surface area contributed by atoms with Crippen LogP contribution in [0.3, 0.4) is 0 Å². The lowest BCUT2D eigenvalue weighted by Gasteiger charge is -2.51. The lowest BCUT2D eigenvalue weighted by Crippen LogP contribution is -2.65. The van der Waals surface area contributed by atoms with Gasteiger partial charge < -0.3 is 14.8 Å². The van der Waals surface area contributed by atoms with Gasteiger partial charge in [-0.25, -0.2) is 0 Å². The second kappa shape index (κ2) is 4.17. The van der Waals surface area contributed by atoms with Crippen molar-refractivity contribution < 1.29 is 9.47 Å². The van der Waals surface area contributed by atoms with Crippen molar-refractivity contribution in [2.45, 2.75) is 56.3 Å². The van der Waals surface area contributed by atoms with E-state index in [0.717, 1.165) is 52.0 Å². The first-order valence-corrected chi connectivity index (χ1v) is 7.51. The van der Waals surface area contributed by atoms with Gasteiger partial charge in [-0.05, 0) is 25.7 Å². The summed E-state index contributed by atoms with van der Waals surface area (Å²) in [6, 6.07) is 1.36. The molecule has 2 spiro atoms. The summed E-state index contributed by atoms with van der Waals surface area (Å²) in [4.78, 5) is 0. The van der Waals surface area contributed by atoms with Crippen LogP contribution in [0.1, 0.15) is 38.5 Å². The Kier molecular flexibility index (Phi) is 2.70. The maximum atomic E-state index is 6.37. The van der Waals surface area contributed by atoms with E-state index in [9.17, 15) is 0 Å². The van der Waals surface area contributed by atoms with Crippen molar-refractivity contribution in [3.05, 3.63) is 0 Å².